The molecule has 88 heavy (non-hydrogen) atoms. The van der Waals surface area contributed by atoms with Gasteiger partial charge >= 0.3 is 0 Å². The Morgan fingerprint density at radius 3 is 1.06 bits per heavy atom. The maximum Gasteiger partial charge on any atom is 0.268 e. The van der Waals surface area contributed by atoms with Gasteiger partial charge in [-0.05, 0) is 96.3 Å². The maximum absolute atomic E-state index is 13.1. The Morgan fingerprint density at radius 2 is 0.705 bits per heavy atom. The number of quaternary nitrogens is 1. The predicted molar refractivity (Wildman–Crippen MR) is 385 cm³/mol. The average Bonchev–Trinajstić information content (AvgIpc) is 3.70. The van der Waals surface area contributed by atoms with Gasteiger partial charge in [0.15, 0.2) is 0 Å². The molecule has 0 heterocycles. The van der Waals surface area contributed by atoms with Gasteiger partial charge in [0, 0.05) is 6.42 Å². The number of carbonyl (C=O) groups excluding carboxylic acids is 1. The highest BCUT2D eigenvalue weighted by atomic mass is 31.2. The Morgan fingerprint density at radius 1 is 0.409 bits per heavy atom. The molecule has 8 nitrogen and oxygen atoms in total. The third kappa shape index (κ3) is 70.4. The summed E-state index contributed by atoms with van der Waals surface area (Å²) in [5, 5.41) is 14.0. The van der Waals surface area contributed by atoms with Crippen LogP contribution in [0.4, 0.5) is 0 Å². The van der Waals surface area contributed by atoms with Crippen LogP contribution in [-0.4, -0.2) is 68.5 Å². The maximum atomic E-state index is 13.1. The summed E-state index contributed by atoms with van der Waals surface area (Å²) in [6.45, 7) is 4.54. The number of allylic oxidation sites excluding steroid dienone is 19. The number of amides is 1. The quantitative estimate of drug-likeness (QED) is 0.0272. The molecule has 3 atom stereocenters. The number of hydrogen-bond donors (Lipinski definition) is 2. The summed E-state index contributed by atoms with van der Waals surface area (Å²) in [5.74, 6) is -0.208. The number of unbranched alkanes of at least 4 members (excludes halogenated alkanes) is 36. The molecule has 0 bridgehead atoms. The molecular formula is C79H141N2O6P. The van der Waals surface area contributed by atoms with Crippen LogP contribution in [0.15, 0.2) is 122 Å². The van der Waals surface area contributed by atoms with E-state index in [0.717, 1.165) is 89.9 Å². The molecule has 0 radical (unpaired) electrons. The van der Waals surface area contributed by atoms with E-state index in [4.69, 9.17) is 9.05 Å². The number of nitrogens with one attached hydrogen (secondary N) is 1. The number of phosphoric acid groups is 1. The van der Waals surface area contributed by atoms with Gasteiger partial charge in [0.05, 0.1) is 39.9 Å². The largest absolute Gasteiger partial charge is 0.756 e. The van der Waals surface area contributed by atoms with Gasteiger partial charge < -0.3 is 28.8 Å². The van der Waals surface area contributed by atoms with Crippen LogP contribution in [0.25, 0.3) is 0 Å². The smallest absolute Gasteiger partial charge is 0.268 e. The molecule has 0 fully saturated rings. The fraction of sp³-hybridized carbons (Fsp3) is 0.734. The van der Waals surface area contributed by atoms with Crippen molar-refractivity contribution in [3.63, 3.8) is 0 Å². The highest BCUT2D eigenvalue weighted by molar-refractivity contribution is 7.45. The van der Waals surface area contributed by atoms with Crippen molar-refractivity contribution in [3.8, 4) is 0 Å². The molecular weight excluding hydrogens is 1100 g/mol. The lowest BCUT2D eigenvalue weighted by Gasteiger charge is -2.29. The van der Waals surface area contributed by atoms with E-state index in [1.165, 1.54) is 212 Å². The Balaban J connectivity index is 4.09. The molecule has 0 aliphatic rings. The third-order valence-electron chi connectivity index (χ3n) is 16.2. The molecule has 9 heteroatoms. The second kappa shape index (κ2) is 68.3. The van der Waals surface area contributed by atoms with E-state index in [1.54, 1.807) is 6.08 Å². The molecule has 0 saturated heterocycles. The summed E-state index contributed by atoms with van der Waals surface area (Å²) in [5.41, 5.74) is 0. The van der Waals surface area contributed by atoms with Crippen LogP contribution in [0.3, 0.4) is 0 Å². The molecule has 0 aliphatic heterocycles. The van der Waals surface area contributed by atoms with Crippen LogP contribution in [0.1, 0.15) is 322 Å². The van der Waals surface area contributed by atoms with Gasteiger partial charge in [0.25, 0.3) is 7.82 Å². The van der Waals surface area contributed by atoms with Crippen molar-refractivity contribution in [2.45, 2.75) is 334 Å². The number of aliphatic hydroxyl groups excluding tert-OH is 1. The van der Waals surface area contributed by atoms with Crippen LogP contribution < -0.4 is 10.2 Å². The van der Waals surface area contributed by atoms with Gasteiger partial charge in [-0.25, -0.2) is 0 Å². The monoisotopic (exact) mass is 1250 g/mol. The van der Waals surface area contributed by atoms with Crippen molar-refractivity contribution >= 4 is 13.7 Å². The standard InChI is InChI=1S/C79H141N2O6P/c1-6-8-10-12-14-16-18-20-22-24-26-28-30-32-34-35-36-37-38-39-40-41-42-43-44-45-47-49-51-53-55-57-59-61-63-65-67-69-71-73-79(83)80-77(76-87-88(84,85)86-75-74-81(3,4)5)78(82)72-70-68-66-64-62-60-58-56-54-52-50-48-46-33-31-29-27-25-23-21-19-17-15-13-11-9-7-2/h8,10,14,16,20,22,26,28,32,34,36-37,39-40,42-43,62,64,70,72,77-78,82H,6-7,9,11-13,15,17-19,21,23-25,27,29-31,33,35,38,41,44-61,63,65-69,71,73-76H2,1-5H3,(H-,80,83,84,85)/b10-8-,16-14-,22-20-,28-26-,34-32-,37-36-,40-39-,43-42-,64-62+,72-70+. The van der Waals surface area contributed by atoms with Crippen molar-refractivity contribution in [2.24, 2.45) is 0 Å². The highest BCUT2D eigenvalue weighted by Gasteiger charge is 2.23. The van der Waals surface area contributed by atoms with Crippen LogP contribution >= 0.6 is 7.82 Å². The average molecular weight is 1250 g/mol. The summed E-state index contributed by atoms with van der Waals surface area (Å²) in [6.07, 6.45) is 102. The number of likely N-dealkylation sites (N-methyl/N-ethyl adjacent to an activating group) is 1. The first-order valence-electron chi connectivity index (χ1n) is 36.9. The Hall–Kier alpha value is -3.10. The van der Waals surface area contributed by atoms with E-state index in [2.05, 4.69) is 129 Å². The zero-order chi connectivity index (χ0) is 64.1. The number of aliphatic hydroxyl groups is 1. The van der Waals surface area contributed by atoms with Crippen molar-refractivity contribution in [3.05, 3.63) is 122 Å². The summed E-state index contributed by atoms with van der Waals surface area (Å²) in [4.78, 5) is 25.7. The van der Waals surface area contributed by atoms with Crippen LogP contribution in [0, 0.1) is 0 Å². The highest BCUT2D eigenvalue weighted by Crippen LogP contribution is 2.38. The second-order valence-corrected chi connectivity index (χ2v) is 27.3. The van der Waals surface area contributed by atoms with Crippen molar-refractivity contribution in [2.75, 3.05) is 40.9 Å². The van der Waals surface area contributed by atoms with E-state index in [1.807, 2.05) is 27.2 Å². The summed E-state index contributed by atoms with van der Waals surface area (Å²) in [6, 6.07) is -0.912. The van der Waals surface area contributed by atoms with Gasteiger partial charge in [-0.1, -0.05) is 341 Å². The Labute approximate surface area is 545 Å². The topological polar surface area (TPSA) is 108 Å². The summed E-state index contributed by atoms with van der Waals surface area (Å²) >= 11 is 0. The number of carbonyl (C=O) groups is 1. The fourth-order valence-corrected chi connectivity index (χ4v) is 11.2. The molecule has 0 aromatic rings. The first-order chi connectivity index (χ1) is 43.0. The van der Waals surface area contributed by atoms with E-state index >= 15 is 0 Å². The number of phosphoric ester groups is 1. The first kappa shape index (κ1) is 84.9. The van der Waals surface area contributed by atoms with Gasteiger partial charge in [0.2, 0.25) is 5.91 Å². The first-order valence-corrected chi connectivity index (χ1v) is 38.4. The van der Waals surface area contributed by atoms with Crippen molar-refractivity contribution in [1.29, 1.82) is 0 Å². The normalized spacial score (nSPS) is 14.3. The van der Waals surface area contributed by atoms with E-state index in [-0.39, 0.29) is 12.5 Å². The van der Waals surface area contributed by atoms with E-state index in [9.17, 15) is 19.4 Å². The van der Waals surface area contributed by atoms with E-state index in [0.29, 0.717) is 17.4 Å². The molecule has 3 unspecified atom stereocenters. The SMILES string of the molecule is CC/C=C\C/C=C\C/C=C\C/C=C\C/C=C\C/C=C\C/C=C\C/C=C\CCCCCCCCCCCCCCCCC(=O)NC(COP(=O)([O-])OCC[N+](C)(C)C)C(O)/C=C/CC/C=C/CCCCCCCCCCCCCCCCCCCCCCC. The molecule has 0 spiro atoms. The minimum atomic E-state index is -4.62. The van der Waals surface area contributed by atoms with Gasteiger partial charge in [-0.3, -0.25) is 9.36 Å². The number of hydrogen-bond acceptors (Lipinski definition) is 6. The van der Waals surface area contributed by atoms with Gasteiger partial charge in [0.1, 0.15) is 13.2 Å². The lowest BCUT2D eigenvalue weighted by atomic mass is 10.0. The predicted octanol–water partition coefficient (Wildman–Crippen LogP) is 23.4. The van der Waals surface area contributed by atoms with Gasteiger partial charge in [-0.2, -0.15) is 0 Å². The fourth-order valence-electron chi connectivity index (χ4n) is 10.5. The minimum Gasteiger partial charge on any atom is -0.756 e. The Kier molecular flexibility index (Phi) is 65.9. The van der Waals surface area contributed by atoms with Crippen molar-refractivity contribution < 1.29 is 32.9 Å². The zero-order valence-corrected chi connectivity index (χ0v) is 59.0. The molecule has 0 saturated carbocycles. The minimum absolute atomic E-state index is 0.0102. The summed E-state index contributed by atoms with van der Waals surface area (Å²) < 4.78 is 23.5. The lowest BCUT2D eigenvalue weighted by Crippen LogP contribution is -2.45. The molecule has 0 aromatic heterocycles. The van der Waals surface area contributed by atoms with Crippen molar-refractivity contribution in [1.82, 2.24) is 5.32 Å². The van der Waals surface area contributed by atoms with Crippen LogP contribution in [0.5, 0.6) is 0 Å². The molecule has 0 aromatic carbocycles. The molecule has 0 aliphatic carbocycles. The van der Waals surface area contributed by atoms with E-state index < -0.39 is 26.6 Å². The second-order valence-electron chi connectivity index (χ2n) is 25.9. The lowest BCUT2D eigenvalue weighted by molar-refractivity contribution is -0.870. The molecule has 2 N–H and O–H groups in total. The zero-order valence-electron chi connectivity index (χ0n) is 58.1. The number of rotatable bonds is 67. The van der Waals surface area contributed by atoms with Gasteiger partial charge in [-0.15, -0.1) is 0 Å². The Bertz CT molecular complexity index is 1850. The van der Waals surface area contributed by atoms with Crippen LogP contribution in [0.2, 0.25) is 0 Å². The molecule has 508 valence electrons. The van der Waals surface area contributed by atoms with Crippen LogP contribution in [-0.2, 0) is 18.4 Å². The summed E-state index contributed by atoms with van der Waals surface area (Å²) in [7, 11) is 1.24. The third-order valence-corrected chi connectivity index (χ3v) is 17.1. The number of nitrogens with zero attached hydrogens (tertiary/aromatic N) is 1. The molecule has 0 rings (SSSR count). The molecule has 1 amide bonds.